The first-order valence-electron chi connectivity index (χ1n) is 4.60. The molecule has 1 aromatic rings. The fourth-order valence-corrected chi connectivity index (χ4v) is 0.921. The van der Waals surface area contributed by atoms with Crippen molar-refractivity contribution in [2.75, 3.05) is 5.32 Å². The van der Waals surface area contributed by atoms with Gasteiger partial charge in [-0.2, -0.15) is 0 Å². The second-order valence-corrected chi connectivity index (χ2v) is 3.65. The zero-order chi connectivity index (χ0) is 10.7. The van der Waals surface area contributed by atoms with E-state index in [1.165, 1.54) is 6.07 Å². The van der Waals surface area contributed by atoms with Crippen molar-refractivity contribution in [1.82, 2.24) is 0 Å². The van der Waals surface area contributed by atoms with Gasteiger partial charge < -0.3 is 14.8 Å². The molecule has 1 rings (SSSR count). The van der Waals surface area contributed by atoms with Gasteiger partial charge >= 0.3 is 5.97 Å². The molecular formula is C10H15NO3. The SMILES string of the molecule is CC(C)C(C)Nc1ccc(C(=O)O)o1. The van der Waals surface area contributed by atoms with Crippen LogP contribution in [0.3, 0.4) is 0 Å². The van der Waals surface area contributed by atoms with Crippen LogP contribution in [0.2, 0.25) is 0 Å². The molecule has 4 nitrogen and oxygen atoms in total. The first-order valence-corrected chi connectivity index (χ1v) is 4.60. The summed E-state index contributed by atoms with van der Waals surface area (Å²) in [5.74, 6) is -0.115. The highest BCUT2D eigenvalue weighted by Gasteiger charge is 2.12. The predicted molar refractivity (Wildman–Crippen MR) is 53.6 cm³/mol. The largest absolute Gasteiger partial charge is 0.475 e. The van der Waals surface area contributed by atoms with Gasteiger partial charge in [0.05, 0.1) is 0 Å². The maximum atomic E-state index is 10.5. The molecule has 0 radical (unpaired) electrons. The van der Waals surface area contributed by atoms with E-state index >= 15 is 0 Å². The number of nitrogens with one attached hydrogen (secondary N) is 1. The van der Waals surface area contributed by atoms with Crippen LogP contribution in [0.5, 0.6) is 0 Å². The maximum Gasteiger partial charge on any atom is 0.371 e. The number of carboxylic acid groups (broad SMARTS) is 1. The molecule has 0 bridgehead atoms. The molecule has 1 atom stereocenters. The first kappa shape index (κ1) is 10.6. The summed E-state index contributed by atoms with van der Waals surface area (Å²) in [5, 5.41) is 11.7. The fraction of sp³-hybridized carbons (Fsp3) is 0.500. The van der Waals surface area contributed by atoms with E-state index in [2.05, 4.69) is 19.2 Å². The molecule has 0 fully saturated rings. The molecule has 0 aromatic carbocycles. The number of carboxylic acids is 1. The Labute approximate surface area is 82.9 Å². The van der Waals surface area contributed by atoms with E-state index < -0.39 is 5.97 Å². The Morgan fingerprint density at radius 2 is 2.07 bits per heavy atom. The molecule has 0 aliphatic carbocycles. The lowest BCUT2D eigenvalue weighted by Gasteiger charge is -2.16. The molecule has 4 heteroatoms. The van der Waals surface area contributed by atoms with E-state index in [1.807, 2.05) is 6.92 Å². The zero-order valence-corrected chi connectivity index (χ0v) is 8.57. The van der Waals surface area contributed by atoms with Gasteiger partial charge in [-0.05, 0) is 18.9 Å². The summed E-state index contributed by atoms with van der Waals surface area (Å²) in [6, 6.07) is 3.32. The van der Waals surface area contributed by atoms with Crippen molar-refractivity contribution in [3.63, 3.8) is 0 Å². The smallest absolute Gasteiger partial charge is 0.371 e. The molecule has 0 saturated carbocycles. The average Bonchev–Trinajstić information content (AvgIpc) is 2.52. The van der Waals surface area contributed by atoms with E-state index in [9.17, 15) is 4.79 Å². The minimum absolute atomic E-state index is 0.0385. The lowest BCUT2D eigenvalue weighted by molar-refractivity contribution is 0.0663. The zero-order valence-electron chi connectivity index (χ0n) is 8.57. The Morgan fingerprint density at radius 1 is 1.43 bits per heavy atom. The predicted octanol–water partition coefficient (Wildman–Crippen LogP) is 2.43. The molecule has 1 heterocycles. The van der Waals surface area contributed by atoms with Crippen molar-refractivity contribution in [3.8, 4) is 0 Å². The Kier molecular flexibility index (Phi) is 3.17. The minimum atomic E-state index is -1.05. The van der Waals surface area contributed by atoms with E-state index in [0.717, 1.165) is 0 Å². The quantitative estimate of drug-likeness (QED) is 0.778. The summed E-state index contributed by atoms with van der Waals surface area (Å²) >= 11 is 0. The number of aromatic carboxylic acids is 1. The summed E-state index contributed by atoms with van der Waals surface area (Å²) in [4.78, 5) is 10.5. The van der Waals surface area contributed by atoms with Crippen LogP contribution in [0.15, 0.2) is 16.5 Å². The van der Waals surface area contributed by atoms with Gasteiger partial charge in [-0.3, -0.25) is 0 Å². The van der Waals surface area contributed by atoms with Crippen LogP contribution in [0.1, 0.15) is 31.3 Å². The Balaban J connectivity index is 2.64. The summed E-state index contributed by atoms with van der Waals surface area (Å²) in [6.45, 7) is 6.19. The van der Waals surface area contributed by atoms with Gasteiger partial charge in [-0.25, -0.2) is 4.79 Å². The highest BCUT2D eigenvalue weighted by Crippen LogP contribution is 2.16. The summed E-state index contributed by atoms with van der Waals surface area (Å²) in [7, 11) is 0. The van der Waals surface area contributed by atoms with Gasteiger partial charge in [-0.1, -0.05) is 13.8 Å². The molecule has 1 aromatic heterocycles. The number of furan rings is 1. The van der Waals surface area contributed by atoms with Crippen molar-refractivity contribution < 1.29 is 14.3 Å². The van der Waals surface area contributed by atoms with Crippen LogP contribution in [0.25, 0.3) is 0 Å². The third-order valence-corrected chi connectivity index (χ3v) is 2.19. The van der Waals surface area contributed by atoms with Crippen molar-refractivity contribution in [2.45, 2.75) is 26.8 Å². The molecule has 0 aliphatic heterocycles. The normalized spacial score (nSPS) is 12.9. The molecule has 0 spiro atoms. The van der Waals surface area contributed by atoms with Gasteiger partial charge in [0, 0.05) is 12.1 Å². The summed E-state index contributed by atoms with van der Waals surface area (Å²) in [5.41, 5.74) is 0. The van der Waals surface area contributed by atoms with Gasteiger partial charge in [-0.15, -0.1) is 0 Å². The Morgan fingerprint density at radius 3 is 2.50 bits per heavy atom. The number of carbonyl (C=O) groups is 1. The third kappa shape index (κ3) is 2.52. The van der Waals surface area contributed by atoms with Crippen molar-refractivity contribution in [2.24, 2.45) is 5.92 Å². The highest BCUT2D eigenvalue weighted by molar-refractivity contribution is 5.84. The number of hydrogen-bond acceptors (Lipinski definition) is 3. The number of hydrogen-bond donors (Lipinski definition) is 2. The van der Waals surface area contributed by atoms with Gasteiger partial charge in [0.1, 0.15) is 0 Å². The molecule has 2 N–H and O–H groups in total. The second kappa shape index (κ2) is 4.17. The lowest BCUT2D eigenvalue weighted by atomic mass is 10.1. The molecular weight excluding hydrogens is 182 g/mol. The van der Waals surface area contributed by atoms with Crippen LogP contribution in [0, 0.1) is 5.92 Å². The van der Waals surface area contributed by atoms with Crippen molar-refractivity contribution >= 4 is 11.9 Å². The monoisotopic (exact) mass is 197 g/mol. The van der Waals surface area contributed by atoms with E-state index in [0.29, 0.717) is 11.8 Å². The number of rotatable bonds is 4. The lowest BCUT2D eigenvalue weighted by Crippen LogP contribution is -2.20. The van der Waals surface area contributed by atoms with Crippen molar-refractivity contribution in [1.29, 1.82) is 0 Å². The highest BCUT2D eigenvalue weighted by atomic mass is 16.4. The molecule has 14 heavy (non-hydrogen) atoms. The third-order valence-electron chi connectivity index (χ3n) is 2.19. The average molecular weight is 197 g/mol. The van der Waals surface area contributed by atoms with Crippen molar-refractivity contribution in [3.05, 3.63) is 17.9 Å². The fourth-order valence-electron chi connectivity index (χ4n) is 0.921. The van der Waals surface area contributed by atoms with Gasteiger partial charge in [0.15, 0.2) is 5.88 Å². The van der Waals surface area contributed by atoms with E-state index in [1.54, 1.807) is 6.07 Å². The number of anilines is 1. The molecule has 78 valence electrons. The molecule has 0 saturated heterocycles. The van der Waals surface area contributed by atoms with Crippen LogP contribution in [-0.2, 0) is 0 Å². The standard InChI is InChI=1S/C10H15NO3/c1-6(2)7(3)11-9-5-4-8(14-9)10(12)13/h4-7,11H,1-3H3,(H,12,13). The van der Waals surface area contributed by atoms with Crippen LogP contribution >= 0.6 is 0 Å². The minimum Gasteiger partial charge on any atom is -0.475 e. The van der Waals surface area contributed by atoms with Crippen LogP contribution < -0.4 is 5.32 Å². The Bertz CT molecular complexity index is 317. The summed E-state index contributed by atoms with van der Waals surface area (Å²) < 4.78 is 5.06. The van der Waals surface area contributed by atoms with Gasteiger partial charge in [0.25, 0.3) is 0 Å². The van der Waals surface area contributed by atoms with Crippen LogP contribution in [0.4, 0.5) is 5.88 Å². The maximum absolute atomic E-state index is 10.5. The molecule has 0 aliphatic rings. The molecule has 1 unspecified atom stereocenters. The van der Waals surface area contributed by atoms with Gasteiger partial charge in [0.2, 0.25) is 5.76 Å². The second-order valence-electron chi connectivity index (χ2n) is 3.65. The van der Waals surface area contributed by atoms with E-state index in [-0.39, 0.29) is 11.8 Å². The Hall–Kier alpha value is -1.45. The topological polar surface area (TPSA) is 62.5 Å². The summed E-state index contributed by atoms with van der Waals surface area (Å²) in [6.07, 6.45) is 0. The van der Waals surface area contributed by atoms with E-state index in [4.69, 9.17) is 9.52 Å². The first-order chi connectivity index (χ1) is 6.50. The van der Waals surface area contributed by atoms with Crippen LogP contribution in [-0.4, -0.2) is 17.1 Å². The molecule has 0 amide bonds.